The van der Waals surface area contributed by atoms with E-state index in [0.29, 0.717) is 25.3 Å². The van der Waals surface area contributed by atoms with Crippen LogP contribution in [0.2, 0.25) is 0 Å². The van der Waals surface area contributed by atoms with Crippen LogP contribution in [0, 0.1) is 0 Å². The molecule has 0 saturated heterocycles. The predicted molar refractivity (Wildman–Crippen MR) is 118 cm³/mol. The summed E-state index contributed by atoms with van der Waals surface area (Å²) < 4.78 is 10.7. The standard InChI is InChI=1S/C23H30N4O5/c1-23(2,3)31-22(30)27(17-10-11-17)13-7-12-24-20(28)15-25-21(29)18-14-19(32-26-18)16-8-5-4-6-9-16/h4-6,8-9,14,17H,7,10-13,15H2,1-3H3,(H,24,28)(H,25,29). The Labute approximate surface area is 187 Å². The molecule has 1 aromatic carbocycles. The lowest BCUT2D eigenvalue weighted by Crippen LogP contribution is -2.41. The molecule has 172 valence electrons. The number of amides is 3. The Kier molecular flexibility index (Phi) is 7.50. The van der Waals surface area contributed by atoms with Gasteiger partial charge in [0, 0.05) is 30.8 Å². The zero-order valence-corrected chi connectivity index (χ0v) is 18.7. The Morgan fingerprint density at radius 2 is 1.88 bits per heavy atom. The first-order valence-electron chi connectivity index (χ1n) is 10.8. The van der Waals surface area contributed by atoms with Gasteiger partial charge in [0.1, 0.15) is 5.60 Å². The van der Waals surface area contributed by atoms with Crippen molar-refractivity contribution in [1.29, 1.82) is 0 Å². The summed E-state index contributed by atoms with van der Waals surface area (Å²) in [6.45, 7) is 6.24. The zero-order chi connectivity index (χ0) is 23.1. The molecule has 2 aromatic rings. The molecule has 32 heavy (non-hydrogen) atoms. The lowest BCUT2D eigenvalue weighted by molar-refractivity contribution is -0.120. The topological polar surface area (TPSA) is 114 Å². The molecule has 2 N–H and O–H groups in total. The maximum atomic E-state index is 12.3. The van der Waals surface area contributed by atoms with E-state index in [9.17, 15) is 14.4 Å². The highest BCUT2D eigenvalue weighted by molar-refractivity contribution is 5.95. The number of benzene rings is 1. The van der Waals surface area contributed by atoms with E-state index in [1.807, 2.05) is 51.1 Å². The van der Waals surface area contributed by atoms with Gasteiger partial charge < -0.3 is 24.8 Å². The molecule has 9 nitrogen and oxygen atoms in total. The number of carbonyl (C=O) groups excluding carboxylic acids is 3. The lowest BCUT2D eigenvalue weighted by Gasteiger charge is -2.27. The lowest BCUT2D eigenvalue weighted by atomic mass is 10.1. The van der Waals surface area contributed by atoms with Gasteiger partial charge in [-0.3, -0.25) is 9.59 Å². The van der Waals surface area contributed by atoms with E-state index >= 15 is 0 Å². The van der Waals surface area contributed by atoms with Crippen molar-refractivity contribution in [2.75, 3.05) is 19.6 Å². The Hall–Kier alpha value is -3.36. The molecular weight excluding hydrogens is 412 g/mol. The van der Waals surface area contributed by atoms with Gasteiger partial charge in [-0.05, 0) is 40.0 Å². The van der Waals surface area contributed by atoms with Crippen LogP contribution in [0.15, 0.2) is 40.9 Å². The number of hydrogen-bond acceptors (Lipinski definition) is 6. The Bertz CT molecular complexity index is 931. The highest BCUT2D eigenvalue weighted by atomic mass is 16.6. The molecule has 0 aliphatic heterocycles. The van der Waals surface area contributed by atoms with Crippen molar-refractivity contribution >= 4 is 17.9 Å². The molecular formula is C23H30N4O5. The fraction of sp³-hybridized carbons (Fsp3) is 0.478. The van der Waals surface area contributed by atoms with Crippen LogP contribution in [0.3, 0.4) is 0 Å². The van der Waals surface area contributed by atoms with Crippen LogP contribution in [0.25, 0.3) is 11.3 Å². The van der Waals surface area contributed by atoms with Gasteiger partial charge in [-0.15, -0.1) is 0 Å². The number of ether oxygens (including phenoxy) is 1. The number of nitrogens with one attached hydrogen (secondary N) is 2. The number of hydrogen-bond donors (Lipinski definition) is 2. The first-order chi connectivity index (χ1) is 15.2. The molecule has 0 unspecified atom stereocenters. The van der Waals surface area contributed by atoms with Gasteiger partial charge >= 0.3 is 6.09 Å². The van der Waals surface area contributed by atoms with E-state index in [2.05, 4.69) is 15.8 Å². The summed E-state index contributed by atoms with van der Waals surface area (Å²) in [5, 5.41) is 9.03. The number of nitrogens with zero attached hydrogens (tertiary/aromatic N) is 2. The maximum Gasteiger partial charge on any atom is 0.410 e. The van der Waals surface area contributed by atoms with E-state index in [0.717, 1.165) is 18.4 Å². The van der Waals surface area contributed by atoms with Crippen molar-refractivity contribution in [3.8, 4) is 11.3 Å². The van der Waals surface area contributed by atoms with E-state index < -0.39 is 11.5 Å². The van der Waals surface area contributed by atoms with Crippen molar-refractivity contribution < 1.29 is 23.6 Å². The highest BCUT2D eigenvalue weighted by Gasteiger charge is 2.34. The zero-order valence-electron chi connectivity index (χ0n) is 18.7. The van der Waals surface area contributed by atoms with Crippen LogP contribution < -0.4 is 10.6 Å². The van der Waals surface area contributed by atoms with Crippen LogP contribution in [0.1, 0.15) is 50.5 Å². The summed E-state index contributed by atoms with van der Waals surface area (Å²) in [6, 6.07) is 11.1. The van der Waals surface area contributed by atoms with Crippen LogP contribution >= 0.6 is 0 Å². The van der Waals surface area contributed by atoms with Crippen molar-refractivity contribution in [3.05, 3.63) is 42.1 Å². The normalized spacial score (nSPS) is 13.3. The van der Waals surface area contributed by atoms with Gasteiger partial charge in [0.2, 0.25) is 5.91 Å². The minimum atomic E-state index is -0.539. The first-order valence-corrected chi connectivity index (χ1v) is 10.8. The number of carbonyl (C=O) groups is 3. The van der Waals surface area contributed by atoms with Gasteiger partial charge in [0.15, 0.2) is 11.5 Å². The van der Waals surface area contributed by atoms with Crippen molar-refractivity contribution in [1.82, 2.24) is 20.7 Å². The third kappa shape index (κ3) is 7.11. The molecule has 0 radical (unpaired) electrons. The summed E-state index contributed by atoms with van der Waals surface area (Å²) in [5.74, 6) is -0.332. The molecule has 3 amide bonds. The summed E-state index contributed by atoms with van der Waals surface area (Å²) in [5.41, 5.74) is 0.375. The predicted octanol–water partition coefficient (Wildman–Crippen LogP) is 2.98. The summed E-state index contributed by atoms with van der Waals surface area (Å²) in [4.78, 5) is 38.3. The fourth-order valence-electron chi connectivity index (χ4n) is 3.04. The third-order valence-corrected chi connectivity index (χ3v) is 4.72. The Balaban J connectivity index is 1.36. The minimum absolute atomic E-state index is 0.106. The van der Waals surface area contributed by atoms with E-state index in [1.54, 1.807) is 4.90 Å². The van der Waals surface area contributed by atoms with Gasteiger partial charge in [0.05, 0.1) is 6.54 Å². The second kappa shape index (κ2) is 10.3. The molecule has 0 spiro atoms. The Morgan fingerprint density at radius 1 is 1.16 bits per heavy atom. The molecule has 1 fully saturated rings. The SMILES string of the molecule is CC(C)(C)OC(=O)N(CCCNC(=O)CNC(=O)c1cc(-c2ccccc2)on1)C1CC1. The fourth-order valence-corrected chi connectivity index (χ4v) is 3.04. The van der Waals surface area contributed by atoms with E-state index in [4.69, 9.17) is 9.26 Å². The molecule has 0 bridgehead atoms. The average molecular weight is 443 g/mol. The second-order valence-corrected chi connectivity index (χ2v) is 8.73. The van der Waals surface area contributed by atoms with Gasteiger partial charge in [-0.1, -0.05) is 35.5 Å². The van der Waals surface area contributed by atoms with Crippen LogP contribution in [0.5, 0.6) is 0 Å². The maximum absolute atomic E-state index is 12.3. The quantitative estimate of drug-likeness (QED) is 0.577. The molecule has 1 aromatic heterocycles. The molecule has 3 rings (SSSR count). The highest BCUT2D eigenvalue weighted by Crippen LogP contribution is 2.28. The monoisotopic (exact) mass is 442 g/mol. The van der Waals surface area contributed by atoms with Gasteiger partial charge in [-0.2, -0.15) is 0 Å². The van der Waals surface area contributed by atoms with Crippen LogP contribution in [-0.2, 0) is 9.53 Å². The molecule has 0 atom stereocenters. The van der Waals surface area contributed by atoms with Crippen molar-refractivity contribution in [2.24, 2.45) is 0 Å². The summed E-state index contributed by atoms with van der Waals surface area (Å²) >= 11 is 0. The molecule has 1 saturated carbocycles. The summed E-state index contributed by atoms with van der Waals surface area (Å²) in [7, 11) is 0. The Morgan fingerprint density at radius 3 is 2.53 bits per heavy atom. The molecule has 1 heterocycles. The van der Waals surface area contributed by atoms with E-state index in [-0.39, 0.29) is 30.3 Å². The van der Waals surface area contributed by atoms with E-state index in [1.165, 1.54) is 6.07 Å². The van der Waals surface area contributed by atoms with Gasteiger partial charge in [-0.25, -0.2) is 4.79 Å². The number of aromatic nitrogens is 1. The molecule has 9 heteroatoms. The second-order valence-electron chi connectivity index (χ2n) is 8.73. The van der Waals surface area contributed by atoms with Crippen molar-refractivity contribution in [3.63, 3.8) is 0 Å². The smallest absolute Gasteiger partial charge is 0.410 e. The summed E-state index contributed by atoms with van der Waals surface area (Å²) in [6.07, 6.45) is 2.23. The molecule has 1 aliphatic rings. The number of rotatable bonds is 9. The van der Waals surface area contributed by atoms with Crippen LogP contribution in [-0.4, -0.2) is 59.2 Å². The first kappa shape index (κ1) is 23.3. The van der Waals surface area contributed by atoms with Gasteiger partial charge in [0.25, 0.3) is 5.91 Å². The average Bonchev–Trinajstić information content (AvgIpc) is 3.45. The largest absolute Gasteiger partial charge is 0.444 e. The van der Waals surface area contributed by atoms with Crippen LogP contribution in [0.4, 0.5) is 4.79 Å². The minimum Gasteiger partial charge on any atom is -0.444 e. The molecule has 1 aliphatic carbocycles. The van der Waals surface area contributed by atoms with Crippen molar-refractivity contribution in [2.45, 2.75) is 51.7 Å². The third-order valence-electron chi connectivity index (χ3n) is 4.72.